The molecule has 2 aliphatic rings. The van der Waals surface area contributed by atoms with E-state index in [2.05, 4.69) is 290 Å². The lowest BCUT2D eigenvalue weighted by Gasteiger charge is -2.45. The van der Waals surface area contributed by atoms with Crippen molar-refractivity contribution >= 4 is 112 Å². The second-order valence-electron chi connectivity index (χ2n) is 25.6. The van der Waals surface area contributed by atoms with Crippen molar-refractivity contribution in [1.29, 1.82) is 0 Å². The molecule has 0 amide bonds. The number of nitrogens with zero attached hydrogens (tertiary/aromatic N) is 4. The maximum atomic E-state index is 2.66. The van der Waals surface area contributed by atoms with Gasteiger partial charge in [0.05, 0.1) is 22.2 Å². The Balaban J connectivity index is 1.22. The van der Waals surface area contributed by atoms with Crippen molar-refractivity contribution in [2.45, 2.75) is 105 Å². The highest BCUT2D eigenvalue weighted by molar-refractivity contribution is 7.00. The Morgan fingerprint density at radius 3 is 1.32 bits per heavy atom. The van der Waals surface area contributed by atoms with E-state index in [1.807, 2.05) is 0 Å². The van der Waals surface area contributed by atoms with Gasteiger partial charge in [0, 0.05) is 67.0 Å². The smallest absolute Gasteiger partial charge is 0.252 e. The Bertz CT molecular complexity index is 3960. The summed E-state index contributed by atoms with van der Waals surface area (Å²) in [5.41, 5.74) is 23.0. The summed E-state index contributed by atoms with van der Waals surface area (Å²) in [6, 6.07) is 72.0. The third-order valence-corrected chi connectivity index (χ3v) is 16.4. The summed E-state index contributed by atoms with van der Waals surface area (Å²) in [5, 5.41) is 5.16. The summed E-state index contributed by atoms with van der Waals surface area (Å²) in [7, 11) is 0. The fourth-order valence-electron chi connectivity index (χ4n) is 12.4. The van der Waals surface area contributed by atoms with E-state index in [-0.39, 0.29) is 28.4 Å². The van der Waals surface area contributed by atoms with Crippen LogP contribution < -0.4 is 31.1 Å². The lowest BCUT2D eigenvalue weighted by atomic mass is 9.33. The van der Waals surface area contributed by atoms with Crippen LogP contribution in [0.4, 0.5) is 51.2 Å². The SMILES string of the molecule is CC(C)(C)c1cc(N2c3ccccc3B3c4cc5c6cccc7c8ccccc8n(c5cc4N(c4cc(C(C)(C)C)cc(C(C)(C)C)c4)c4cc(N(c5ccccc5)c5ccccc5)cc2c43)c76)cc(C(C)(C)C)c1. The first kappa shape index (κ1) is 47.0. The van der Waals surface area contributed by atoms with Gasteiger partial charge in [-0.15, -0.1) is 0 Å². The van der Waals surface area contributed by atoms with E-state index in [9.17, 15) is 0 Å². The zero-order valence-corrected chi connectivity index (χ0v) is 45.8. The molecule has 0 unspecified atom stereocenters. The zero-order valence-electron chi connectivity index (χ0n) is 45.8. The Kier molecular flexibility index (Phi) is 10.3. The summed E-state index contributed by atoms with van der Waals surface area (Å²) in [6.07, 6.45) is 0. The molecule has 11 aromatic rings. The Morgan fingerprint density at radius 2 is 0.787 bits per heavy atom. The lowest BCUT2D eigenvalue weighted by Crippen LogP contribution is -2.61. The molecule has 75 heavy (non-hydrogen) atoms. The fraction of sp³-hybridized carbons (Fsp3) is 0.229. The molecule has 0 aliphatic carbocycles. The topological polar surface area (TPSA) is 14.1 Å². The van der Waals surface area contributed by atoms with Crippen LogP contribution in [-0.2, 0) is 21.7 Å². The van der Waals surface area contributed by atoms with Gasteiger partial charge in [0.25, 0.3) is 6.71 Å². The Hall–Kier alpha value is -7.76. The number of benzene rings is 9. The van der Waals surface area contributed by atoms with E-state index in [1.54, 1.807) is 0 Å². The first-order valence-corrected chi connectivity index (χ1v) is 27.0. The summed E-state index contributed by atoms with van der Waals surface area (Å²) in [6.45, 7) is 28.2. The minimum Gasteiger partial charge on any atom is -0.311 e. The number of anilines is 9. The summed E-state index contributed by atoms with van der Waals surface area (Å²) >= 11 is 0. The van der Waals surface area contributed by atoms with E-state index in [4.69, 9.17) is 0 Å². The molecule has 0 atom stereocenters. The van der Waals surface area contributed by atoms with Crippen molar-refractivity contribution in [1.82, 2.24) is 4.40 Å². The fourth-order valence-corrected chi connectivity index (χ4v) is 12.4. The van der Waals surface area contributed by atoms with Crippen LogP contribution in [0.15, 0.2) is 188 Å². The standard InChI is InChI=1S/C70H67BN4/c1-67(2,3)44-34-45(68(4,5)6)37-50(36-44)73-60-33-22-20-31-57(60)71-58-42-56-55-30-23-29-54-53-28-19-21-32-59(53)75(66(54)55)61(56)43-62(58)74(51-38-46(69(7,8)9)35-47(39-51)70(10,11)12)64-41-52(40-63(73)65(64)71)72(48-24-15-13-16-25-48)49-26-17-14-18-27-49/h13-43H,1-12H3. The van der Waals surface area contributed by atoms with E-state index in [1.165, 1.54) is 111 Å². The quantitative estimate of drug-likeness (QED) is 0.160. The van der Waals surface area contributed by atoms with E-state index in [0.717, 1.165) is 17.1 Å². The molecular formula is C70H67BN4. The molecule has 0 fully saturated rings. The highest BCUT2D eigenvalue weighted by Gasteiger charge is 2.45. The molecule has 370 valence electrons. The molecule has 0 N–H and O–H groups in total. The molecule has 2 aromatic heterocycles. The highest BCUT2D eigenvalue weighted by Crippen LogP contribution is 2.51. The normalized spacial score (nSPS) is 13.8. The van der Waals surface area contributed by atoms with Crippen LogP contribution in [0.2, 0.25) is 0 Å². The molecule has 0 saturated heterocycles. The Labute approximate surface area is 444 Å². The van der Waals surface area contributed by atoms with Crippen molar-refractivity contribution in [3.05, 3.63) is 210 Å². The van der Waals surface area contributed by atoms with Crippen LogP contribution in [0.3, 0.4) is 0 Å². The van der Waals surface area contributed by atoms with Gasteiger partial charge in [0.1, 0.15) is 0 Å². The number of hydrogen-bond donors (Lipinski definition) is 0. The van der Waals surface area contributed by atoms with Gasteiger partial charge in [-0.1, -0.05) is 192 Å². The van der Waals surface area contributed by atoms with E-state index < -0.39 is 0 Å². The molecule has 4 heterocycles. The van der Waals surface area contributed by atoms with Crippen molar-refractivity contribution in [2.24, 2.45) is 0 Å². The van der Waals surface area contributed by atoms with Gasteiger partial charge in [0.2, 0.25) is 0 Å². The van der Waals surface area contributed by atoms with Crippen LogP contribution in [0.5, 0.6) is 0 Å². The minimum absolute atomic E-state index is 0.0772. The maximum Gasteiger partial charge on any atom is 0.252 e. The van der Waals surface area contributed by atoms with Gasteiger partial charge in [0.15, 0.2) is 0 Å². The van der Waals surface area contributed by atoms with Gasteiger partial charge in [-0.2, -0.15) is 0 Å². The highest BCUT2D eigenvalue weighted by atomic mass is 15.2. The molecule has 2 aliphatic heterocycles. The number of para-hydroxylation sites is 5. The van der Waals surface area contributed by atoms with Crippen molar-refractivity contribution < 1.29 is 0 Å². The van der Waals surface area contributed by atoms with Crippen LogP contribution >= 0.6 is 0 Å². The van der Waals surface area contributed by atoms with Crippen LogP contribution in [0.25, 0.3) is 38.1 Å². The van der Waals surface area contributed by atoms with Crippen LogP contribution in [-0.4, -0.2) is 11.1 Å². The van der Waals surface area contributed by atoms with Crippen molar-refractivity contribution in [3.8, 4) is 0 Å². The number of rotatable bonds is 5. The molecular weight excluding hydrogens is 908 g/mol. The van der Waals surface area contributed by atoms with Gasteiger partial charge >= 0.3 is 0 Å². The number of aromatic nitrogens is 1. The average Bonchev–Trinajstić information content (AvgIpc) is 4.03. The van der Waals surface area contributed by atoms with Gasteiger partial charge in [-0.3, -0.25) is 0 Å². The molecule has 4 nitrogen and oxygen atoms in total. The molecule has 0 spiro atoms. The van der Waals surface area contributed by atoms with Crippen molar-refractivity contribution in [2.75, 3.05) is 14.7 Å². The van der Waals surface area contributed by atoms with E-state index in [0.29, 0.717) is 0 Å². The summed E-state index contributed by atoms with van der Waals surface area (Å²) in [4.78, 5) is 7.74. The second kappa shape index (κ2) is 16.4. The van der Waals surface area contributed by atoms with Crippen molar-refractivity contribution in [3.63, 3.8) is 0 Å². The molecule has 0 radical (unpaired) electrons. The molecule has 0 bridgehead atoms. The third kappa shape index (κ3) is 7.40. The van der Waals surface area contributed by atoms with Gasteiger partial charge in [-0.05, 0) is 139 Å². The maximum absolute atomic E-state index is 2.66. The number of hydrogen-bond acceptors (Lipinski definition) is 3. The molecule has 9 aromatic carbocycles. The minimum atomic E-state index is -0.107. The summed E-state index contributed by atoms with van der Waals surface area (Å²) in [5.74, 6) is 0. The lowest BCUT2D eigenvalue weighted by molar-refractivity contribution is 0.568. The molecule has 13 rings (SSSR count). The predicted octanol–water partition coefficient (Wildman–Crippen LogP) is 17.6. The number of fused-ring (bicyclic) bond motifs is 10. The van der Waals surface area contributed by atoms with Gasteiger partial charge in [-0.25, -0.2) is 0 Å². The van der Waals surface area contributed by atoms with Gasteiger partial charge < -0.3 is 19.1 Å². The van der Waals surface area contributed by atoms with Crippen LogP contribution in [0.1, 0.15) is 105 Å². The van der Waals surface area contributed by atoms with E-state index >= 15 is 0 Å². The average molecular weight is 975 g/mol. The predicted molar refractivity (Wildman–Crippen MR) is 325 cm³/mol. The zero-order chi connectivity index (χ0) is 52.1. The first-order valence-electron chi connectivity index (χ1n) is 27.0. The summed E-state index contributed by atoms with van der Waals surface area (Å²) < 4.78 is 2.55. The van der Waals surface area contributed by atoms with Crippen LogP contribution in [0, 0.1) is 0 Å². The molecule has 5 heteroatoms. The Morgan fingerprint density at radius 1 is 0.333 bits per heavy atom. The first-order chi connectivity index (χ1) is 35.7. The second-order valence-corrected chi connectivity index (χ2v) is 25.6. The third-order valence-electron chi connectivity index (χ3n) is 16.4. The monoisotopic (exact) mass is 975 g/mol. The molecule has 0 saturated carbocycles. The largest absolute Gasteiger partial charge is 0.311 e.